The monoisotopic (exact) mass is 814 g/mol. The number of Topliss-reactive ketones (excluding diaryl/α,β-unsaturated/α-hetero) is 1. The molecule has 2 rings (SSSR count). The van der Waals surface area contributed by atoms with Crippen molar-refractivity contribution in [3.8, 4) is 0 Å². The van der Waals surface area contributed by atoms with E-state index < -0.39 is 86.0 Å². The van der Waals surface area contributed by atoms with Gasteiger partial charge in [0, 0.05) is 78.0 Å². The lowest BCUT2D eigenvalue weighted by molar-refractivity contribution is -0.147. The van der Waals surface area contributed by atoms with Gasteiger partial charge in [0.25, 0.3) is 0 Å². The number of rotatable bonds is 25. The zero-order valence-electron chi connectivity index (χ0n) is 31.9. The van der Waals surface area contributed by atoms with E-state index in [2.05, 4.69) is 15.6 Å². The third-order valence-electron chi connectivity index (χ3n) is 9.57. The molecule has 21 nitrogen and oxygen atoms in total. The first kappa shape index (κ1) is 49.0. The number of carboxylic acids is 3. The molecule has 0 aliphatic carbocycles. The number of carbonyl (C=O) groups is 6. The second kappa shape index (κ2) is 25.9. The number of pyridine rings is 1. The smallest absolute Gasteiger partial charge is 0.320 e. The summed E-state index contributed by atoms with van der Waals surface area (Å²) >= 11 is 0. The fraction of sp³-hybridized carbons (Fsp3) is 0.694. The van der Waals surface area contributed by atoms with Crippen molar-refractivity contribution in [2.24, 2.45) is 0 Å². The maximum absolute atomic E-state index is 12.8. The summed E-state index contributed by atoms with van der Waals surface area (Å²) in [5, 5.41) is 91.9. The average Bonchev–Trinajstić information content (AvgIpc) is 3.17. The van der Waals surface area contributed by atoms with E-state index in [1.165, 1.54) is 9.80 Å². The summed E-state index contributed by atoms with van der Waals surface area (Å²) in [5.41, 5.74) is 0.788. The molecule has 1 aromatic rings. The van der Waals surface area contributed by atoms with Crippen molar-refractivity contribution in [2.45, 2.75) is 101 Å². The van der Waals surface area contributed by atoms with Crippen molar-refractivity contribution in [3.63, 3.8) is 0 Å². The van der Waals surface area contributed by atoms with Crippen molar-refractivity contribution in [2.75, 3.05) is 59.1 Å². The summed E-state index contributed by atoms with van der Waals surface area (Å²) in [6, 6.07) is 1.08. The van der Waals surface area contributed by atoms with Crippen LogP contribution in [0, 0.1) is 0 Å². The Morgan fingerprint density at radius 1 is 0.561 bits per heavy atom. The molecule has 322 valence electrons. The Labute approximate surface area is 329 Å². The summed E-state index contributed by atoms with van der Waals surface area (Å²) in [6.45, 7) is -2.72. The fourth-order valence-corrected chi connectivity index (χ4v) is 6.28. The minimum Gasteiger partial charge on any atom is -0.480 e. The predicted molar refractivity (Wildman–Crippen MR) is 198 cm³/mol. The lowest BCUT2D eigenvalue weighted by Gasteiger charge is -2.37. The minimum absolute atomic E-state index is 0.000780. The van der Waals surface area contributed by atoms with E-state index in [1.807, 2.05) is 0 Å². The Morgan fingerprint density at radius 2 is 0.930 bits per heavy atom. The van der Waals surface area contributed by atoms with Gasteiger partial charge in [-0.05, 0) is 37.8 Å². The standard InChI is InChI=1S/C36H58N6O15/c43-20-26(47)5-4-25(46)6-7-30(35(54)55)41-14-12-40(29(34(52)53)8-10-32(50)37-16-27(48)21-44)13-15-42(19-24-3-1-2-23(18-41)39-24)31(36(56)57)9-11-33(51)38-17-28(49)22-45/h1-3,26-31,43-45,47-49H,4-22H2,(H,37,50)(H,38,51)(H,52,53)(H,54,55)(H,56,57). The highest BCUT2D eigenvalue weighted by molar-refractivity contribution is 5.80. The summed E-state index contributed by atoms with van der Waals surface area (Å²) in [6.07, 6.45) is -4.90. The number of hydrogen-bond donors (Lipinski definition) is 11. The van der Waals surface area contributed by atoms with Crippen molar-refractivity contribution >= 4 is 35.5 Å². The number of nitrogens with zero attached hydrogens (tertiary/aromatic N) is 4. The maximum atomic E-state index is 12.8. The molecule has 6 atom stereocenters. The van der Waals surface area contributed by atoms with Gasteiger partial charge in [-0.3, -0.25) is 48.5 Å². The normalized spacial score (nSPS) is 17.8. The Bertz CT molecular complexity index is 1380. The van der Waals surface area contributed by atoms with Crippen LogP contribution in [0.5, 0.6) is 0 Å². The quantitative estimate of drug-likeness (QED) is 0.0453. The summed E-state index contributed by atoms with van der Waals surface area (Å²) in [5.74, 6) is -5.35. The highest BCUT2D eigenvalue weighted by Crippen LogP contribution is 2.20. The number of carboxylic acid groups (broad SMARTS) is 3. The lowest BCUT2D eigenvalue weighted by Crippen LogP contribution is -2.52. The Morgan fingerprint density at radius 3 is 1.33 bits per heavy atom. The number of aliphatic carboxylic acids is 3. The van der Waals surface area contributed by atoms with Crippen molar-refractivity contribution in [3.05, 3.63) is 29.6 Å². The number of ketones is 1. The van der Waals surface area contributed by atoms with E-state index in [0.29, 0.717) is 11.4 Å². The molecule has 1 aliphatic rings. The van der Waals surface area contributed by atoms with Gasteiger partial charge in [-0.25, -0.2) is 0 Å². The number of aromatic nitrogens is 1. The van der Waals surface area contributed by atoms with Crippen LogP contribution in [0.3, 0.4) is 0 Å². The van der Waals surface area contributed by atoms with Gasteiger partial charge in [-0.2, -0.15) is 0 Å². The molecule has 2 bridgehead atoms. The summed E-state index contributed by atoms with van der Waals surface area (Å²) in [7, 11) is 0. The van der Waals surface area contributed by atoms with Crippen LogP contribution in [-0.2, 0) is 41.9 Å². The second-order valence-electron chi connectivity index (χ2n) is 14.0. The van der Waals surface area contributed by atoms with E-state index >= 15 is 0 Å². The molecule has 0 saturated carbocycles. The van der Waals surface area contributed by atoms with Gasteiger partial charge >= 0.3 is 17.9 Å². The molecule has 11 N–H and O–H groups in total. The van der Waals surface area contributed by atoms with Crippen LogP contribution < -0.4 is 10.6 Å². The molecule has 57 heavy (non-hydrogen) atoms. The number of fused-ring (bicyclic) bond motifs is 2. The van der Waals surface area contributed by atoms with Gasteiger partial charge in [0.2, 0.25) is 11.8 Å². The predicted octanol–water partition coefficient (Wildman–Crippen LogP) is -3.66. The Balaban J connectivity index is 2.49. The number of nitrogens with one attached hydrogen (secondary N) is 2. The zero-order valence-corrected chi connectivity index (χ0v) is 31.9. The first-order valence-electron chi connectivity index (χ1n) is 18.9. The Hall–Kier alpha value is -4.19. The van der Waals surface area contributed by atoms with Crippen LogP contribution in [0.2, 0.25) is 0 Å². The number of amides is 2. The van der Waals surface area contributed by atoms with Crippen LogP contribution in [0.15, 0.2) is 18.2 Å². The van der Waals surface area contributed by atoms with Crippen molar-refractivity contribution in [1.82, 2.24) is 30.3 Å². The van der Waals surface area contributed by atoms with Crippen LogP contribution in [0.4, 0.5) is 0 Å². The molecule has 21 heteroatoms. The molecule has 1 aliphatic heterocycles. The molecule has 0 spiro atoms. The number of hydrogen-bond acceptors (Lipinski definition) is 16. The van der Waals surface area contributed by atoms with Gasteiger partial charge in [0.1, 0.15) is 23.9 Å². The second-order valence-corrected chi connectivity index (χ2v) is 14.0. The van der Waals surface area contributed by atoms with Crippen molar-refractivity contribution < 1.29 is 74.7 Å². The van der Waals surface area contributed by atoms with E-state index in [0.717, 1.165) is 0 Å². The molecule has 0 aromatic carbocycles. The van der Waals surface area contributed by atoms with Crippen LogP contribution in [0.1, 0.15) is 62.8 Å². The lowest BCUT2D eigenvalue weighted by atomic mass is 10.0. The van der Waals surface area contributed by atoms with E-state index in [1.54, 1.807) is 23.1 Å². The number of aliphatic hydroxyl groups is 6. The SMILES string of the molecule is O=C(CCC(O)CO)CCC(C(=O)O)N1CCN(C(CCC(=O)NCC(O)CO)C(=O)O)CCN(C(CCC(=O)NCC(O)CO)C(=O)O)Cc2cccc(n2)C1. The molecule has 6 unspecified atom stereocenters. The third-order valence-corrected chi connectivity index (χ3v) is 9.57. The topological polar surface area (TPSA) is 331 Å². The van der Waals surface area contributed by atoms with E-state index in [9.17, 15) is 59.4 Å². The largest absolute Gasteiger partial charge is 0.480 e. The van der Waals surface area contributed by atoms with Crippen LogP contribution >= 0.6 is 0 Å². The van der Waals surface area contributed by atoms with Gasteiger partial charge in [0.05, 0.1) is 49.5 Å². The Kier molecular flexibility index (Phi) is 22.3. The zero-order chi connectivity index (χ0) is 42.5. The summed E-state index contributed by atoms with van der Waals surface area (Å²) < 4.78 is 0. The average molecular weight is 815 g/mol. The summed E-state index contributed by atoms with van der Waals surface area (Å²) in [4.78, 5) is 85.1. The maximum Gasteiger partial charge on any atom is 0.320 e. The molecule has 0 radical (unpaired) electrons. The first-order valence-corrected chi connectivity index (χ1v) is 18.9. The molecule has 0 saturated heterocycles. The highest BCUT2D eigenvalue weighted by atomic mass is 16.4. The molecular formula is C36H58N6O15. The molecule has 0 fully saturated rings. The highest BCUT2D eigenvalue weighted by Gasteiger charge is 2.33. The van der Waals surface area contributed by atoms with Crippen LogP contribution in [-0.4, -0.2) is 197 Å². The minimum atomic E-state index is -1.34. The van der Waals surface area contributed by atoms with Crippen LogP contribution in [0.25, 0.3) is 0 Å². The first-order chi connectivity index (χ1) is 27.1. The third kappa shape index (κ3) is 18.3. The molecule has 1 aromatic heterocycles. The molecule has 2 heterocycles. The van der Waals surface area contributed by atoms with Gasteiger partial charge in [-0.15, -0.1) is 0 Å². The molecule has 2 amide bonds. The van der Waals surface area contributed by atoms with E-state index in [-0.39, 0.29) is 110 Å². The number of carbonyl (C=O) groups excluding carboxylic acids is 3. The van der Waals surface area contributed by atoms with Gasteiger partial charge < -0.3 is 56.6 Å². The molecular weight excluding hydrogens is 756 g/mol. The van der Waals surface area contributed by atoms with Crippen molar-refractivity contribution in [1.29, 1.82) is 0 Å². The number of aliphatic hydroxyl groups excluding tert-OH is 6. The fourth-order valence-electron chi connectivity index (χ4n) is 6.28. The van der Waals surface area contributed by atoms with Gasteiger partial charge in [0.15, 0.2) is 0 Å². The van der Waals surface area contributed by atoms with Gasteiger partial charge in [-0.1, -0.05) is 6.07 Å². The van der Waals surface area contributed by atoms with E-state index in [4.69, 9.17) is 15.3 Å².